The van der Waals surface area contributed by atoms with Crippen molar-refractivity contribution < 1.29 is 4.79 Å². The molecule has 0 bridgehead atoms. The fourth-order valence-corrected chi connectivity index (χ4v) is 1.40. The molecule has 3 N–H and O–H groups in total. The predicted octanol–water partition coefficient (Wildman–Crippen LogP) is 1.08. The molecule has 1 aromatic carbocycles. The van der Waals surface area contributed by atoms with Crippen LogP contribution in [0.2, 0.25) is 0 Å². The topological polar surface area (TPSA) is 55.1 Å². The van der Waals surface area contributed by atoms with Crippen LogP contribution in [0.5, 0.6) is 0 Å². The van der Waals surface area contributed by atoms with Crippen LogP contribution in [0.4, 0.5) is 0 Å². The van der Waals surface area contributed by atoms with Gasteiger partial charge in [-0.25, -0.2) is 0 Å². The van der Waals surface area contributed by atoms with Gasteiger partial charge in [0.25, 0.3) is 0 Å². The van der Waals surface area contributed by atoms with Gasteiger partial charge in [-0.05, 0) is 25.3 Å². The van der Waals surface area contributed by atoms with Crippen LogP contribution < -0.4 is 11.1 Å². The van der Waals surface area contributed by atoms with Crippen LogP contribution in [0.3, 0.4) is 0 Å². The van der Waals surface area contributed by atoms with E-state index in [1.807, 2.05) is 18.2 Å². The van der Waals surface area contributed by atoms with Crippen LogP contribution in [-0.2, 0) is 11.2 Å². The van der Waals surface area contributed by atoms with E-state index >= 15 is 0 Å². The first-order valence-corrected chi connectivity index (χ1v) is 5.24. The van der Waals surface area contributed by atoms with Crippen LogP contribution in [0.1, 0.15) is 18.9 Å². The van der Waals surface area contributed by atoms with Gasteiger partial charge in [0.05, 0.1) is 6.54 Å². The van der Waals surface area contributed by atoms with Crippen molar-refractivity contribution in [3.8, 4) is 0 Å². The maximum absolute atomic E-state index is 10.5. The van der Waals surface area contributed by atoms with Gasteiger partial charge in [0.1, 0.15) is 0 Å². The van der Waals surface area contributed by atoms with Gasteiger partial charge in [0.2, 0.25) is 5.91 Å². The predicted molar refractivity (Wildman–Crippen MR) is 61.4 cm³/mol. The third kappa shape index (κ3) is 5.18. The second-order valence-corrected chi connectivity index (χ2v) is 3.77. The maximum Gasteiger partial charge on any atom is 0.231 e. The average molecular weight is 206 g/mol. The first-order chi connectivity index (χ1) is 7.18. The molecule has 0 aromatic heterocycles. The normalized spacial score (nSPS) is 12.3. The number of hydrogen-bond donors (Lipinski definition) is 2. The standard InChI is InChI=1S/C12H18N2O/c1-10(14-9-12(13)15)7-8-11-5-3-2-4-6-11/h2-6,10,14H,7-9H2,1H3,(H2,13,15). The molecule has 0 saturated carbocycles. The Morgan fingerprint density at radius 3 is 2.67 bits per heavy atom. The summed E-state index contributed by atoms with van der Waals surface area (Å²) in [6, 6.07) is 10.6. The first-order valence-electron chi connectivity index (χ1n) is 5.24. The van der Waals surface area contributed by atoms with Crippen molar-refractivity contribution in [3.63, 3.8) is 0 Å². The summed E-state index contributed by atoms with van der Waals surface area (Å²) in [5.74, 6) is -0.304. The number of benzene rings is 1. The van der Waals surface area contributed by atoms with Crippen LogP contribution in [-0.4, -0.2) is 18.5 Å². The summed E-state index contributed by atoms with van der Waals surface area (Å²) in [6.45, 7) is 2.32. The first kappa shape index (κ1) is 11.7. The second-order valence-electron chi connectivity index (χ2n) is 3.77. The Morgan fingerprint density at radius 2 is 2.07 bits per heavy atom. The third-order valence-corrected chi connectivity index (χ3v) is 2.33. The Morgan fingerprint density at radius 1 is 1.40 bits per heavy atom. The lowest BCUT2D eigenvalue weighted by atomic mass is 10.1. The van der Waals surface area contributed by atoms with Crippen molar-refractivity contribution in [1.29, 1.82) is 0 Å². The van der Waals surface area contributed by atoms with Gasteiger partial charge in [-0.1, -0.05) is 30.3 Å². The smallest absolute Gasteiger partial charge is 0.231 e. The van der Waals surface area contributed by atoms with Gasteiger partial charge in [-0.3, -0.25) is 4.79 Å². The number of hydrogen-bond acceptors (Lipinski definition) is 2. The molecule has 15 heavy (non-hydrogen) atoms. The summed E-state index contributed by atoms with van der Waals surface area (Å²) in [6.07, 6.45) is 2.03. The van der Waals surface area contributed by atoms with E-state index in [9.17, 15) is 4.79 Å². The maximum atomic E-state index is 10.5. The largest absolute Gasteiger partial charge is 0.369 e. The number of amides is 1. The van der Waals surface area contributed by atoms with Gasteiger partial charge in [-0.15, -0.1) is 0 Å². The molecular formula is C12H18N2O. The van der Waals surface area contributed by atoms with Crippen LogP contribution in [0, 0.1) is 0 Å². The van der Waals surface area contributed by atoms with Crippen molar-refractivity contribution in [3.05, 3.63) is 35.9 Å². The minimum atomic E-state index is -0.304. The molecule has 1 atom stereocenters. The summed E-state index contributed by atoms with van der Waals surface area (Å²) in [4.78, 5) is 10.5. The van der Waals surface area contributed by atoms with E-state index in [-0.39, 0.29) is 12.5 Å². The zero-order valence-corrected chi connectivity index (χ0v) is 9.07. The molecule has 3 heteroatoms. The second kappa shape index (κ2) is 6.19. The Balaban J connectivity index is 2.22. The van der Waals surface area contributed by atoms with E-state index in [1.165, 1.54) is 5.56 Å². The van der Waals surface area contributed by atoms with Crippen molar-refractivity contribution in [1.82, 2.24) is 5.32 Å². The fraction of sp³-hybridized carbons (Fsp3) is 0.417. The molecule has 0 aliphatic carbocycles. The SMILES string of the molecule is CC(CCc1ccccc1)NCC(N)=O. The summed E-state index contributed by atoms with van der Waals surface area (Å²) in [7, 11) is 0. The van der Waals surface area contributed by atoms with Gasteiger partial charge in [0.15, 0.2) is 0 Å². The van der Waals surface area contributed by atoms with E-state index in [0.29, 0.717) is 6.04 Å². The molecule has 0 spiro atoms. The number of carbonyl (C=O) groups excluding carboxylic acids is 1. The van der Waals surface area contributed by atoms with Gasteiger partial charge in [0, 0.05) is 6.04 Å². The number of rotatable bonds is 6. The summed E-state index contributed by atoms with van der Waals surface area (Å²) in [5.41, 5.74) is 6.37. The number of carbonyl (C=O) groups is 1. The average Bonchev–Trinajstić information content (AvgIpc) is 2.25. The molecule has 82 valence electrons. The summed E-state index contributed by atoms with van der Waals surface area (Å²) < 4.78 is 0. The summed E-state index contributed by atoms with van der Waals surface area (Å²) >= 11 is 0. The number of nitrogens with two attached hydrogens (primary N) is 1. The number of primary amides is 1. The zero-order valence-electron chi connectivity index (χ0n) is 9.07. The number of nitrogens with one attached hydrogen (secondary N) is 1. The number of aryl methyl sites for hydroxylation is 1. The van der Waals surface area contributed by atoms with Crippen molar-refractivity contribution in [2.45, 2.75) is 25.8 Å². The van der Waals surface area contributed by atoms with E-state index in [1.54, 1.807) is 0 Å². The lowest BCUT2D eigenvalue weighted by Crippen LogP contribution is -2.35. The van der Waals surface area contributed by atoms with Crippen molar-refractivity contribution >= 4 is 5.91 Å². The molecule has 0 fully saturated rings. The molecule has 0 aliphatic heterocycles. The molecular weight excluding hydrogens is 188 g/mol. The molecule has 0 saturated heterocycles. The zero-order chi connectivity index (χ0) is 11.1. The molecule has 0 heterocycles. The molecule has 3 nitrogen and oxygen atoms in total. The van der Waals surface area contributed by atoms with Gasteiger partial charge < -0.3 is 11.1 Å². The van der Waals surface area contributed by atoms with Crippen LogP contribution in [0.25, 0.3) is 0 Å². The Labute approximate surface area is 90.7 Å². The van der Waals surface area contributed by atoms with E-state index < -0.39 is 0 Å². The lowest BCUT2D eigenvalue weighted by Gasteiger charge is -2.11. The molecule has 0 aliphatic rings. The lowest BCUT2D eigenvalue weighted by molar-refractivity contribution is -0.117. The monoisotopic (exact) mass is 206 g/mol. The molecule has 0 radical (unpaired) electrons. The summed E-state index contributed by atoms with van der Waals surface area (Å²) in [5, 5.41) is 3.08. The van der Waals surface area contributed by atoms with E-state index in [2.05, 4.69) is 24.4 Å². The van der Waals surface area contributed by atoms with Gasteiger partial charge in [-0.2, -0.15) is 0 Å². The van der Waals surface area contributed by atoms with Crippen molar-refractivity contribution in [2.24, 2.45) is 5.73 Å². The molecule has 1 rings (SSSR count). The van der Waals surface area contributed by atoms with Crippen LogP contribution >= 0.6 is 0 Å². The highest BCUT2D eigenvalue weighted by atomic mass is 16.1. The third-order valence-electron chi connectivity index (χ3n) is 2.33. The fourth-order valence-electron chi connectivity index (χ4n) is 1.40. The minimum absolute atomic E-state index is 0.260. The highest BCUT2D eigenvalue weighted by Crippen LogP contribution is 2.04. The van der Waals surface area contributed by atoms with Gasteiger partial charge >= 0.3 is 0 Å². The van der Waals surface area contributed by atoms with E-state index in [0.717, 1.165) is 12.8 Å². The molecule has 1 unspecified atom stereocenters. The van der Waals surface area contributed by atoms with E-state index in [4.69, 9.17) is 5.73 Å². The molecule has 1 amide bonds. The highest BCUT2D eigenvalue weighted by molar-refractivity contribution is 5.75. The minimum Gasteiger partial charge on any atom is -0.369 e. The Kier molecular flexibility index (Phi) is 4.84. The van der Waals surface area contributed by atoms with Crippen molar-refractivity contribution in [2.75, 3.05) is 6.54 Å². The highest BCUT2D eigenvalue weighted by Gasteiger charge is 2.02. The molecule has 1 aromatic rings. The van der Waals surface area contributed by atoms with Crippen LogP contribution in [0.15, 0.2) is 30.3 Å². The quantitative estimate of drug-likeness (QED) is 0.732. The Hall–Kier alpha value is -1.35. The Bertz CT molecular complexity index is 298.